The Labute approximate surface area is 145 Å². The first-order valence-corrected chi connectivity index (χ1v) is 10.1. The minimum Gasteiger partial charge on any atom is -0.313 e. The number of hydrogen-bond donors (Lipinski definition) is 1. The van der Waals surface area contributed by atoms with E-state index >= 15 is 0 Å². The summed E-state index contributed by atoms with van der Waals surface area (Å²) in [6.45, 7) is 3.70. The van der Waals surface area contributed by atoms with Crippen LogP contribution in [0.1, 0.15) is 17.5 Å². The lowest BCUT2D eigenvalue weighted by atomic mass is 10.2. The van der Waals surface area contributed by atoms with Gasteiger partial charge in [-0.15, -0.1) is 0 Å². The SMILES string of the molecule is CN(CCCNCc1ccc(S(C)(=O)=O)cc1)Cc1ccccc1. The molecule has 2 aromatic carbocycles. The molecule has 130 valence electrons. The maximum atomic E-state index is 11.4. The quantitative estimate of drug-likeness (QED) is 0.709. The Morgan fingerprint density at radius 2 is 1.62 bits per heavy atom. The first-order chi connectivity index (χ1) is 11.4. The van der Waals surface area contributed by atoms with Crippen molar-refractivity contribution in [1.82, 2.24) is 10.2 Å². The molecule has 0 amide bonds. The molecule has 0 fully saturated rings. The van der Waals surface area contributed by atoms with Gasteiger partial charge in [0.05, 0.1) is 4.90 Å². The van der Waals surface area contributed by atoms with Crippen LogP contribution in [0.15, 0.2) is 59.5 Å². The second-order valence-electron chi connectivity index (χ2n) is 6.17. The van der Waals surface area contributed by atoms with Gasteiger partial charge in [-0.05, 0) is 49.8 Å². The van der Waals surface area contributed by atoms with Crippen molar-refractivity contribution in [3.8, 4) is 0 Å². The van der Waals surface area contributed by atoms with Gasteiger partial charge in [-0.3, -0.25) is 0 Å². The molecule has 2 aromatic rings. The van der Waals surface area contributed by atoms with Crippen LogP contribution in [0, 0.1) is 0 Å². The van der Waals surface area contributed by atoms with E-state index in [2.05, 4.69) is 41.5 Å². The van der Waals surface area contributed by atoms with Gasteiger partial charge in [0.15, 0.2) is 9.84 Å². The highest BCUT2D eigenvalue weighted by atomic mass is 32.2. The molecule has 0 radical (unpaired) electrons. The van der Waals surface area contributed by atoms with Gasteiger partial charge in [-0.1, -0.05) is 42.5 Å². The number of rotatable bonds is 9. The van der Waals surface area contributed by atoms with Crippen LogP contribution < -0.4 is 5.32 Å². The summed E-state index contributed by atoms with van der Waals surface area (Å²) in [6, 6.07) is 17.5. The fourth-order valence-corrected chi connectivity index (χ4v) is 3.17. The van der Waals surface area contributed by atoms with E-state index in [1.54, 1.807) is 12.1 Å². The van der Waals surface area contributed by atoms with E-state index in [4.69, 9.17) is 0 Å². The predicted octanol–water partition coefficient (Wildman–Crippen LogP) is 2.70. The zero-order chi connectivity index (χ0) is 17.4. The van der Waals surface area contributed by atoms with Crippen molar-refractivity contribution in [2.75, 3.05) is 26.4 Å². The summed E-state index contributed by atoms with van der Waals surface area (Å²) in [7, 11) is -0.974. The van der Waals surface area contributed by atoms with Gasteiger partial charge in [0.2, 0.25) is 0 Å². The number of nitrogens with zero attached hydrogens (tertiary/aromatic N) is 1. The van der Waals surface area contributed by atoms with Crippen LogP contribution in [-0.2, 0) is 22.9 Å². The third kappa shape index (κ3) is 6.43. The molecule has 0 heterocycles. The fraction of sp³-hybridized carbons (Fsp3) is 0.368. The standard InChI is InChI=1S/C19H26N2O2S/c1-21(16-18-7-4-3-5-8-18)14-6-13-20-15-17-9-11-19(12-10-17)24(2,22)23/h3-5,7-12,20H,6,13-16H2,1-2H3. The van der Waals surface area contributed by atoms with Crippen molar-refractivity contribution >= 4 is 9.84 Å². The Hall–Kier alpha value is -1.69. The summed E-state index contributed by atoms with van der Waals surface area (Å²) in [6.07, 6.45) is 2.30. The molecule has 0 saturated heterocycles. The van der Waals surface area contributed by atoms with E-state index in [1.165, 1.54) is 11.8 Å². The minimum absolute atomic E-state index is 0.369. The number of nitrogens with one attached hydrogen (secondary N) is 1. The second kappa shape index (κ2) is 8.97. The molecular weight excluding hydrogens is 320 g/mol. The lowest BCUT2D eigenvalue weighted by Crippen LogP contribution is -2.23. The van der Waals surface area contributed by atoms with Gasteiger partial charge in [0.1, 0.15) is 0 Å². The molecule has 0 spiro atoms. The smallest absolute Gasteiger partial charge is 0.175 e. The van der Waals surface area contributed by atoms with Gasteiger partial charge in [-0.25, -0.2) is 8.42 Å². The van der Waals surface area contributed by atoms with Crippen LogP contribution >= 0.6 is 0 Å². The molecule has 5 heteroatoms. The fourth-order valence-electron chi connectivity index (χ4n) is 2.54. The maximum absolute atomic E-state index is 11.4. The van der Waals surface area contributed by atoms with Crippen molar-refractivity contribution < 1.29 is 8.42 Å². The lowest BCUT2D eigenvalue weighted by Gasteiger charge is -2.16. The largest absolute Gasteiger partial charge is 0.313 e. The number of benzene rings is 2. The topological polar surface area (TPSA) is 49.4 Å². The molecule has 4 nitrogen and oxygen atoms in total. The van der Waals surface area contributed by atoms with E-state index in [9.17, 15) is 8.42 Å². The van der Waals surface area contributed by atoms with Crippen molar-refractivity contribution in [2.24, 2.45) is 0 Å². The molecule has 2 rings (SSSR count). The molecule has 24 heavy (non-hydrogen) atoms. The van der Waals surface area contributed by atoms with Gasteiger partial charge in [-0.2, -0.15) is 0 Å². The molecule has 0 unspecified atom stereocenters. The maximum Gasteiger partial charge on any atom is 0.175 e. The first-order valence-electron chi connectivity index (χ1n) is 8.17. The Morgan fingerprint density at radius 1 is 0.958 bits per heavy atom. The number of hydrogen-bond acceptors (Lipinski definition) is 4. The molecule has 0 atom stereocenters. The van der Waals surface area contributed by atoms with Crippen LogP contribution in [0.2, 0.25) is 0 Å². The molecule has 1 N–H and O–H groups in total. The highest BCUT2D eigenvalue weighted by molar-refractivity contribution is 7.90. The van der Waals surface area contributed by atoms with E-state index in [1.807, 2.05) is 18.2 Å². The third-order valence-corrected chi connectivity index (χ3v) is 5.00. The van der Waals surface area contributed by atoms with E-state index in [-0.39, 0.29) is 0 Å². The van der Waals surface area contributed by atoms with Gasteiger partial charge < -0.3 is 10.2 Å². The van der Waals surface area contributed by atoms with Crippen LogP contribution in [0.5, 0.6) is 0 Å². The van der Waals surface area contributed by atoms with Crippen molar-refractivity contribution in [3.63, 3.8) is 0 Å². The highest BCUT2D eigenvalue weighted by Crippen LogP contribution is 2.10. The van der Waals surface area contributed by atoms with Crippen molar-refractivity contribution in [2.45, 2.75) is 24.4 Å². The van der Waals surface area contributed by atoms with Crippen LogP contribution in [0.4, 0.5) is 0 Å². The molecule has 0 saturated carbocycles. The van der Waals surface area contributed by atoms with Crippen molar-refractivity contribution in [1.29, 1.82) is 0 Å². The van der Waals surface area contributed by atoms with Crippen LogP contribution in [0.25, 0.3) is 0 Å². The predicted molar refractivity (Wildman–Crippen MR) is 98.7 cm³/mol. The Bertz CT molecular complexity index is 713. The van der Waals surface area contributed by atoms with Crippen molar-refractivity contribution in [3.05, 3.63) is 65.7 Å². The average molecular weight is 346 g/mol. The zero-order valence-electron chi connectivity index (χ0n) is 14.4. The lowest BCUT2D eigenvalue weighted by molar-refractivity contribution is 0.319. The summed E-state index contributed by atoms with van der Waals surface area (Å²) in [5, 5.41) is 3.40. The summed E-state index contributed by atoms with van der Waals surface area (Å²) < 4.78 is 22.8. The molecule has 0 aliphatic rings. The second-order valence-corrected chi connectivity index (χ2v) is 8.19. The monoisotopic (exact) mass is 346 g/mol. The van der Waals surface area contributed by atoms with Crippen LogP contribution in [0.3, 0.4) is 0 Å². The molecule has 0 bridgehead atoms. The Kier molecular flexibility index (Phi) is 6.97. The van der Waals surface area contributed by atoms with E-state index < -0.39 is 9.84 Å². The molecular formula is C19H26N2O2S. The third-order valence-electron chi connectivity index (χ3n) is 3.87. The first kappa shape index (κ1) is 18.6. The van der Waals surface area contributed by atoms with Gasteiger partial charge in [0, 0.05) is 19.3 Å². The summed E-state index contributed by atoms with van der Waals surface area (Å²) >= 11 is 0. The highest BCUT2D eigenvalue weighted by Gasteiger charge is 2.05. The molecule has 0 aromatic heterocycles. The number of sulfone groups is 1. The van der Waals surface area contributed by atoms with E-state index in [0.717, 1.165) is 38.2 Å². The summed E-state index contributed by atoms with van der Waals surface area (Å²) in [5.41, 5.74) is 2.43. The normalized spacial score (nSPS) is 11.8. The average Bonchev–Trinajstić information content (AvgIpc) is 2.55. The summed E-state index contributed by atoms with van der Waals surface area (Å²) in [4.78, 5) is 2.69. The minimum atomic E-state index is -3.11. The summed E-state index contributed by atoms with van der Waals surface area (Å²) in [5.74, 6) is 0. The molecule has 0 aliphatic carbocycles. The van der Waals surface area contributed by atoms with Crippen LogP contribution in [-0.4, -0.2) is 39.7 Å². The van der Waals surface area contributed by atoms with E-state index in [0.29, 0.717) is 4.90 Å². The Morgan fingerprint density at radius 3 is 2.25 bits per heavy atom. The van der Waals surface area contributed by atoms with Gasteiger partial charge in [0.25, 0.3) is 0 Å². The molecule has 0 aliphatic heterocycles. The Balaban J connectivity index is 1.64. The zero-order valence-corrected chi connectivity index (χ0v) is 15.2. The van der Waals surface area contributed by atoms with Gasteiger partial charge >= 0.3 is 0 Å².